The van der Waals surface area contributed by atoms with E-state index < -0.39 is 0 Å². The number of nitrogens with two attached hydrogens (primary N) is 1. The lowest BCUT2D eigenvalue weighted by atomic mass is 9.99. The molecule has 106 valence electrons. The molecule has 3 heterocycles. The molecule has 0 unspecified atom stereocenters. The van der Waals surface area contributed by atoms with E-state index >= 15 is 0 Å². The highest BCUT2D eigenvalue weighted by Gasteiger charge is 2.22. The molecule has 0 radical (unpaired) electrons. The summed E-state index contributed by atoms with van der Waals surface area (Å²) in [5.41, 5.74) is 6.91. The number of fused-ring (bicyclic) bond motifs is 1. The summed E-state index contributed by atoms with van der Waals surface area (Å²) in [5, 5.41) is 19.2. The molecule has 0 spiro atoms. The summed E-state index contributed by atoms with van der Waals surface area (Å²) < 4.78 is 0. The van der Waals surface area contributed by atoms with Gasteiger partial charge in [-0.2, -0.15) is 10.5 Å². The minimum Gasteiger partial charge on any atom is -0.396 e. The molecule has 2 aromatic heterocycles. The number of thiophene rings is 1. The first kappa shape index (κ1) is 13.7. The minimum absolute atomic E-state index is 0.431. The van der Waals surface area contributed by atoms with Gasteiger partial charge in [0.15, 0.2) is 0 Å². The van der Waals surface area contributed by atoms with Gasteiger partial charge < -0.3 is 10.6 Å². The highest BCUT2D eigenvalue weighted by atomic mass is 32.1. The lowest BCUT2D eigenvalue weighted by molar-refractivity contribution is 0.436. The van der Waals surface area contributed by atoms with Crippen LogP contribution in [0.2, 0.25) is 0 Å². The molecule has 1 saturated heterocycles. The van der Waals surface area contributed by atoms with Crippen molar-refractivity contribution in [3.63, 3.8) is 0 Å². The van der Waals surface area contributed by atoms with Crippen molar-refractivity contribution in [2.45, 2.75) is 19.8 Å². The fraction of sp³-hybridized carbons (Fsp3) is 0.400. The van der Waals surface area contributed by atoms with Gasteiger partial charge in [0, 0.05) is 18.5 Å². The minimum atomic E-state index is 0.431. The molecule has 6 heteroatoms. The Morgan fingerprint density at radius 1 is 1.33 bits per heavy atom. The van der Waals surface area contributed by atoms with Gasteiger partial charge >= 0.3 is 0 Å². The average Bonchev–Trinajstić information content (AvgIpc) is 2.82. The quantitative estimate of drug-likeness (QED) is 0.874. The zero-order chi connectivity index (χ0) is 15.0. The Hall–Kier alpha value is -2.31. The number of rotatable bonds is 1. The van der Waals surface area contributed by atoms with Crippen LogP contribution >= 0.6 is 11.3 Å². The summed E-state index contributed by atoms with van der Waals surface area (Å²) in [5.74, 6) is 1.45. The summed E-state index contributed by atoms with van der Waals surface area (Å²) in [6, 6.07) is 6.06. The number of piperidine rings is 1. The number of nitrogen functional groups attached to an aromatic ring is 1. The van der Waals surface area contributed by atoms with Crippen molar-refractivity contribution in [3.8, 4) is 12.1 Å². The summed E-state index contributed by atoms with van der Waals surface area (Å²) >= 11 is 1.29. The molecule has 2 aromatic rings. The van der Waals surface area contributed by atoms with Crippen LogP contribution in [0.15, 0.2) is 6.07 Å². The van der Waals surface area contributed by atoms with Crippen molar-refractivity contribution in [2.24, 2.45) is 5.92 Å². The number of pyridine rings is 1. The van der Waals surface area contributed by atoms with Gasteiger partial charge in [-0.3, -0.25) is 0 Å². The lowest BCUT2D eigenvalue weighted by Gasteiger charge is -2.31. The van der Waals surface area contributed by atoms with E-state index in [1.54, 1.807) is 6.07 Å². The maximum absolute atomic E-state index is 9.40. The van der Waals surface area contributed by atoms with Crippen LogP contribution in [0.3, 0.4) is 0 Å². The molecule has 21 heavy (non-hydrogen) atoms. The zero-order valence-corrected chi connectivity index (χ0v) is 12.6. The standard InChI is InChI=1S/C15H15N5S/c1-9-2-4-20(5-3-9)14-10(7-16)6-11-13(18)12(8-17)21-15(11)19-14/h6,9H,2-5,18H2,1H3. The van der Waals surface area contributed by atoms with Crippen molar-refractivity contribution in [1.82, 2.24) is 4.98 Å². The van der Waals surface area contributed by atoms with E-state index in [9.17, 15) is 5.26 Å². The van der Waals surface area contributed by atoms with E-state index in [1.165, 1.54) is 11.3 Å². The van der Waals surface area contributed by atoms with Gasteiger partial charge in [0.1, 0.15) is 27.7 Å². The molecule has 0 bridgehead atoms. The highest BCUT2D eigenvalue weighted by Crippen LogP contribution is 2.35. The molecular weight excluding hydrogens is 282 g/mol. The number of aromatic nitrogens is 1. The van der Waals surface area contributed by atoms with E-state index in [2.05, 4.69) is 28.9 Å². The second-order valence-corrected chi connectivity index (χ2v) is 6.45. The van der Waals surface area contributed by atoms with E-state index in [1.807, 2.05) is 0 Å². The first-order chi connectivity index (χ1) is 10.1. The topological polar surface area (TPSA) is 89.7 Å². The molecule has 1 aliphatic heterocycles. The predicted octanol–water partition coefficient (Wildman–Crippen LogP) is 2.86. The Balaban J connectivity index is 2.10. The number of hydrogen-bond acceptors (Lipinski definition) is 6. The van der Waals surface area contributed by atoms with Crippen molar-refractivity contribution < 1.29 is 0 Å². The summed E-state index contributed by atoms with van der Waals surface area (Å²) in [6.45, 7) is 4.08. The molecule has 2 N–H and O–H groups in total. The van der Waals surface area contributed by atoms with Crippen LogP contribution < -0.4 is 10.6 Å². The second kappa shape index (κ2) is 5.23. The molecular formula is C15H15N5S. The van der Waals surface area contributed by atoms with E-state index in [0.29, 0.717) is 21.5 Å². The summed E-state index contributed by atoms with van der Waals surface area (Å²) in [7, 11) is 0. The van der Waals surface area contributed by atoms with Crippen molar-refractivity contribution in [3.05, 3.63) is 16.5 Å². The number of hydrogen-bond donors (Lipinski definition) is 1. The van der Waals surface area contributed by atoms with Crippen LogP contribution in [0.4, 0.5) is 11.5 Å². The molecule has 0 saturated carbocycles. The molecule has 1 fully saturated rings. The normalized spacial score (nSPS) is 15.9. The van der Waals surface area contributed by atoms with Crippen molar-refractivity contribution >= 4 is 33.1 Å². The van der Waals surface area contributed by atoms with Gasteiger partial charge in [-0.25, -0.2) is 4.98 Å². The largest absolute Gasteiger partial charge is 0.396 e. The molecule has 5 nitrogen and oxygen atoms in total. The summed E-state index contributed by atoms with van der Waals surface area (Å²) in [4.78, 5) is 7.98. The molecule has 0 amide bonds. The monoisotopic (exact) mass is 297 g/mol. The second-order valence-electron chi connectivity index (χ2n) is 5.45. The van der Waals surface area contributed by atoms with Crippen molar-refractivity contribution in [2.75, 3.05) is 23.7 Å². The van der Waals surface area contributed by atoms with Gasteiger partial charge in [0.2, 0.25) is 0 Å². The van der Waals surface area contributed by atoms with Gasteiger partial charge in [-0.05, 0) is 24.8 Å². The molecule has 0 atom stereocenters. The van der Waals surface area contributed by atoms with E-state index in [4.69, 9.17) is 11.0 Å². The molecule has 1 aliphatic rings. The zero-order valence-electron chi connectivity index (χ0n) is 11.8. The maximum atomic E-state index is 9.40. The Bertz CT molecular complexity index is 772. The van der Waals surface area contributed by atoms with Gasteiger partial charge in [-0.1, -0.05) is 6.92 Å². The molecule has 0 aromatic carbocycles. The number of nitrogens with zero attached hydrogens (tertiary/aromatic N) is 4. The van der Waals surface area contributed by atoms with Crippen LogP contribution in [0.5, 0.6) is 0 Å². The van der Waals surface area contributed by atoms with Gasteiger partial charge in [0.25, 0.3) is 0 Å². The van der Waals surface area contributed by atoms with Gasteiger partial charge in [0.05, 0.1) is 11.3 Å². The Labute approximate surface area is 127 Å². The smallest absolute Gasteiger partial charge is 0.148 e. The number of anilines is 2. The fourth-order valence-electron chi connectivity index (χ4n) is 2.66. The lowest BCUT2D eigenvalue weighted by Crippen LogP contribution is -2.33. The SMILES string of the molecule is CC1CCN(c2nc3sc(C#N)c(N)c3cc2C#N)CC1. The molecule has 3 rings (SSSR count). The van der Waals surface area contributed by atoms with E-state index in [-0.39, 0.29) is 0 Å². The summed E-state index contributed by atoms with van der Waals surface area (Å²) in [6.07, 6.45) is 2.22. The fourth-order valence-corrected chi connectivity index (χ4v) is 3.53. The van der Waals surface area contributed by atoms with Crippen LogP contribution in [-0.2, 0) is 0 Å². The maximum Gasteiger partial charge on any atom is 0.148 e. The van der Waals surface area contributed by atoms with Crippen LogP contribution in [0.1, 0.15) is 30.2 Å². The third-order valence-corrected chi connectivity index (χ3v) is 5.03. The Morgan fingerprint density at radius 2 is 2.05 bits per heavy atom. The van der Waals surface area contributed by atoms with Crippen LogP contribution in [0.25, 0.3) is 10.2 Å². The third kappa shape index (κ3) is 2.28. The first-order valence-electron chi connectivity index (χ1n) is 6.92. The number of nitriles is 2. The predicted molar refractivity (Wildman–Crippen MR) is 84.1 cm³/mol. The van der Waals surface area contributed by atoms with E-state index in [0.717, 1.165) is 42.5 Å². The highest BCUT2D eigenvalue weighted by molar-refractivity contribution is 7.19. The van der Waals surface area contributed by atoms with Crippen LogP contribution in [-0.4, -0.2) is 18.1 Å². The first-order valence-corrected chi connectivity index (χ1v) is 7.74. The third-order valence-electron chi connectivity index (χ3n) is 4.01. The van der Waals surface area contributed by atoms with Gasteiger partial charge in [-0.15, -0.1) is 11.3 Å². The average molecular weight is 297 g/mol. The molecule has 0 aliphatic carbocycles. The van der Waals surface area contributed by atoms with Crippen molar-refractivity contribution in [1.29, 1.82) is 10.5 Å². The Kier molecular flexibility index (Phi) is 3.40. The Morgan fingerprint density at radius 3 is 2.67 bits per heavy atom. The van der Waals surface area contributed by atoms with Crippen LogP contribution in [0, 0.1) is 28.6 Å².